The van der Waals surface area contributed by atoms with E-state index in [1.165, 1.54) is 9.80 Å². The fourth-order valence-corrected chi connectivity index (χ4v) is 12.8. The van der Waals surface area contributed by atoms with E-state index in [2.05, 4.69) is 98.2 Å². The van der Waals surface area contributed by atoms with Crippen LogP contribution in [-0.2, 0) is 23.9 Å². The number of allylic oxidation sites excluding steroid dienone is 5. The molecule has 77 heavy (non-hydrogen) atoms. The molecular weight excluding hydrogens is 1020 g/mol. The van der Waals surface area contributed by atoms with Gasteiger partial charge < -0.3 is 24.7 Å². The lowest BCUT2D eigenvalue weighted by atomic mass is 9.97. The van der Waals surface area contributed by atoms with Crippen LogP contribution in [0.3, 0.4) is 0 Å². The number of aliphatic carboxylic acids is 2. The third-order valence-electron chi connectivity index (χ3n) is 14.4. The lowest BCUT2D eigenvalue weighted by molar-refractivity contribution is -0.134. The lowest BCUT2D eigenvalue weighted by Gasteiger charge is -2.36. The van der Waals surface area contributed by atoms with Crippen molar-refractivity contribution in [1.82, 2.24) is 9.80 Å². The van der Waals surface area contributed by atoms with Gasteiger partial charge in [-0.15, -0.1) is 0 Å². The molecule has 4 heterocycles. The number of carbonyl (C=O) groups excluding carboxylic acids is 2. The van der Waals surface area contributed by atoms with Crippen molar-refractivity contribution >= 4 is 112 Å². The molecule has 8 rings (SSSR count). The van der Waals surface area contributed by atoms with Crippen molar-refractivity contribution in [2.75, 3.05) is 36.0 Å². The summed E-state index contributed by atoms with van der Waals surface area (Å²) in [6, 6.07) is 25.0. The van der Waals surface area contributed by atoms with Gasteiger partial charge in [0, 0.05) is 63.5 Å². The zero-order chi connectivity index (χ0) is 54.8. The van der Waals surface area contributed by atoms with Crippen LogP contribution in [0.4, 0.5) is 22.7 Å². The van der Waals surface area contributed by atoms with Gasteiger partial charge in [0.25, 0.3) is 11.8 Å². The first-order valence-electron chi connectivity index (χ1n) is 26.9. The highest BCUT2D eigenvalue weighted by molar-refractivity contribution is 8.00. The number of ether oxygens (including phenoxy) is 1. The molecule has 2 atom stereocenters. The highest BCUT2D eigenvalue weighted by Crippen LogP contribution is 2.51. The smallest absolute Gasteiger partial charge is 0.328 e. The third kappa shape index (κ3) is 13.3. The van der Waals surface area contributed by atoms with Gasteiger partial charge in [-0.1, -0.05) is 126 Å². The Morgan fingerprint density at radius 1 is 0.545 bits per heavy atom. The van der Waals surface area contributed by atoms with E-state index >= 15 is 0 Å². The fraction of sp³-hybridized carbons (Fsp3) is 0.317. The van der Waals surface area contributed by atoms with Crippen LogP contribution in [0.2, 0.25) is 0 Å². The predicted octanol–water partition coefficient (Wildman–Crippen LogP) is 15.3. The molecule has 2 N–H and O–H groups in total. The van der Waals surface area contributed by atoms with Crippen molar-refractivity contribution in [1.29, 1.82) is 0 Å². The van der Waals surface area contributed by atoms with Gasteiger partial charge in [0.15, 0.2) is 5.11 Å². The normalized spacial score (nSPS) is 16.3. The SMILES string of the molecule is CCCCC(CC)CN1c2ccc(/C=C/C(=O)O)cc2Sc2cc(/C=C/C3=CC(=C4C(=O)N(CC)C(=S)N(CC)C4=O)C=C(/C=C/c4ccc5c(c4)Sc4cc(/C=C/C(=O)O)ccc4N5CC(CC)CCCC)O3)ccc21. The molecule has 4 aromatic carbocycles. The number of anilines is 4. The minimum atomic E-state index is -0.997. The first-order chi connectivity index (χ1) is 37.2. The van der Waals surface area contributed by atoms with E-state index in [9.17, 15) is 29.4 Å². The number of thiocarbonyl (C=S) groups is 1. The predicted molar refractivity (Wildman–Crippen MR) is 318 cm³/mol. The minimum absolute atomic E-state index is 0.0130. The number of hydrogen-bond donors (Lipinski definition) is 2. The second-order valence-electron chi connectivity index (χ2n) is 19.6. The van der Waals surface area contributed by atoms with Gasteiger partial charge in [-0.3, -0.25) is 19.4 Å². The Bertz CT molecular complexity index is 2960. The number of likely N-dealkylation sites (N-methyl/N-ethyl adjacent to an activating group) is 2. The van der Waals surface area contributed by atoms with Crippen LogP contribution in [0.25, 0.3) is 24.3 Å². The summed E-state index contributed by atoms with van der Waals surface area (Å²) in [5.41, 5.74) is 8.29. The molecule has 400 valence electrons. The van der Waals surface area contributed by atoms with E-state index in [1.54, 1.807) is 47.8 Å². The Morgan fingerprint density at radius 3 is 1.23 bits per heavy atom. The monoisotopic (exact) mass is 1090 g/mol. The second kappa shape index (κ2) is 26.0. The number of fused-ring (bicyclic) bond motifs is 4. The molecule has 1 saturated heterocycles. The van der Waals surface area contributed by atoms with Gasteiger partial charge in [0.1, 0.15) is 17.1 Å². The molecule has 0 bridgehead atoms. The number of hydrogen-bond acceptors (Lipinski definition) is 10. The summed E-state index contributed by atoms with van der Waals surface area (Å²) >= 11 is 8.94. The lowest BCUT2D eigenvalue weighted by Crippen LogP contribution is -2.56. The van der Waals surface area contributed by atoms with Gasteiger partial charge >= 0.3 is 11.9 Å². The molecule has 11 nitrogen and oxygen atoms in total. The number of amides is 2. The molecule has 14 heteroatoms. The molecule has 0 radical (unpaired) electrons. The number of nitrogens with zero attached hydrogens (tertiary/aromatic N) is 4. The molecule has 4 aliphatic heterocycles. The van der Waals surface area contributed by atoms with Crippen LogP contribution in [0.5, 0.6) is 0 Å². The number of carboxylic acid groups (broad SMARTS) is 2. The second-order valence-corrected chi connectivity index (χ2v) is 22.1. The molecule has 0 saturated carbocycles. The Morgan fingerprint density at radius 2 is 0.909 bits per heavy atom. The minimum Gasteiger partial charge on any atom is -0.478 e. The third-order valence-corrected chi connectivity index (χ3v) is 17.0. The zero-order valence-electron chi connectivity index (χ0n) is 44.8. The van der Waals surface area contributed by atoms with E-state index in [-0.39, 0.29) is 10.7 Å². The van der Waals surface area contributed by atoms with Crippen LogP contribution < -0.4 is 9.80 Å². The number of benzene rings is 4. The number of rotatable bonds is 22. The molecule has 4 aliphatic rings. The molecule has 0 aliphatic carbocycles. The van der Waals surface area contributed by atoms with E-state index in [0.29, 0.717) is 42.0 Å². The Balaban J connectivity index is 1.14. The summed E-state index contributed by atoms with van der Waals surface area (Å²) in [5, 5.41) is 18.9. The highest BCUT2D eigenvalue weighted by Gasteiger charge is 2.40. The Labute approximate surface area is 467 Å². The average molecular weight is 1090 g/mol. The van der Waals surface area contributed by atoms with Crippen molar-refractivity contribution in [2.24, 2.45) is 11.8 Å². The zero-order valence-corrected chi connectivity index (χ0v) is 47.2. The summed E-state index contributed by atoms with van der Waals surface area (Å²) in [5.74, 6) is -1.07. The molecule has 0 spiro atoms. The maximum atomic E-state index is 14.2. The molecule has 2 amide bonds. The number of carbonyl (C=O) groups is 4. The summed E-state index contributed by atoms with van der Waals surface area (Å²) in [4.78, 5) is 63.2. The number of unbranched alkanes of at least 4 members (excludes halogenated alkanes) is 2. The first kappa shape index (κ1) is 56.3. The Kier molecular flexibility index (Phi) is 19.0. The van der Waals surface area contributed by atoms with Crippen LogP contribution >= 0.6 is 35.7 Å². The van der Waals surface area contributed by atoms with E-state index in [4.69, 9.17) is 17.0 Å². The van der Waals surface area contributed by atoms with Gasteiger partial charge in [-0.25, -0.2) is 9.59 Å². The van der Waals surface area contributed by atoms with Gasteiger partial charge in [-0.05, 0) is 158 Å². The topological polar surface area (TPSA) is 131 Å². The van der Waals surface area contributed by atoms with Crippen LogP contribution in [0.1, 0.15) is 115 Å². The van der Waals surface area contributed by atoms with Crippen LogP contribution in [0, 0.1) is 11.8 Å². The first-order valence-corrected chi connectivity index (χ1v) is 29.0. The summed E-state index contributed by atoms with van der Waals surface area (Å²) in [6.45, 7) is 14.9. The maximum absolute atomic E-state index is 14.2. The van der Waals surface area contributed by atoms with Crippen LogP contribution in [0.15, 0.2) is 151 Å². The maximum Gasteiger partial charge on any atom is 0.328 e. The largest absolute Gasteiger partial charge is 0.478 e. The fourth-order valence-electron chi connectivity index (χ4n) is 10.0. The Hall–Kier alpha value is -6.87. The van der Waals surface area contributed by atoms with Crippen molar-refractivity contribution < 1.29 is 34.1 Å². The van der Waals surface area contributed by atoms with E-state index < -0.39 is 23.8 Å². The quantitative estimate of drug-likeness (QED) is 0.0441. The standard InChI is InChI=1S/C63H68N4O7S3/c1-7-13-15-41(9-3)39-66-50-27-19-43(33-54(50)76-56-35-45(21-29-52(56)66)23-31-58(68)69)17-25-48-37-47(60-61(72)64(11-5)63(75)65(12-6)62(60)73)38-49(74-48)26-18-44-20-28-51-55(34-44)77-57-36-46(24-32-59(70)71)22-30-53(57)67(51)40-42(10-4)16-14-8-2/h17-38,41-42H,7-16,39-40H2,1-6H3,(H,68,69)(H,70,71)/b25-17+,26-18+,31-23+,32-24+. The average Bonchev–Trinajstić information content (AvgIpc) is 3.44. The summed E-state index contributed by atoms with van der Waals surface area (Å²) in [7, 11) is 0. The number of carboxylic acids is 2. The highest BCUT2D eigenvalue weighted by atomic mass is 32.2. The van der Waals surface area contributed by atoms with Crippen molar-refractivity contribution in [2.45, 2.75) is 112 Å². The molecule has 2 unspecified atom stereocenters. The molecule has 0 aromatic heterocycles. The summed E-state index contributed by atoms with van der Waals surface area (Å²) < 4.78 is 6.60. The van der Waals surface area contributed by atoms with E-state index in [0.717, 1.165) is 141 Å². The van der Waals surface area contributed by atoms with Crippen molar-refractivity contribution in [3.8, 4) is 0 Å². The van der Waals surface area contributed by atoms with Crippen LogP contribution in [-0.4, -0.2) is 75.1 Å². The van der Waals surface area contributed by atoms with Crippen molar-refractivity contribution in [3.63, 3.8) is 0 Å². The van der Waals surface area contributed by atoms with E-state index in [1.807, 2.05) is 50.3 Å². The summed E-state index contributed by atoms with van der Waals surface area (Å²) in [6.07, 6.45) is 25.7. The molecule has 1 fully saturated rings. The molecular formula is C63H68N4O7S3. The van der Waals surface area contributed by atoms with Gasteiger partial charge in [-0.2, -0.15) is 0 Å². The van der Waals surface area contributed by atoms with Gasteiger partial charge in [0.05, 0.1) is 22.7 Å². The molecule has 4 aromatic rings. The van der Waals surface area contributed by atoms with Gasteiger partial charge in [0.2, 0.25) is 0 Å². The van der Waals surface area contributed by atoms with Crippen molar-refractivity contribution in [3.05, 3.63) is 154 Å².